The number of rotatable bonds is 8. The van der Waals surface area contributed by atoms with Crippen molar-refractivity contribution in [1.29, 1.82) is 0 Å². The average molecular weight is 347 g/mol. The smallest absolute Gasteiger partial charge is 0.234 e. The number of carbonyl (C=O) groups is 1. The van der Waals surface area contributed by atoms with Gasteiger partial charge in [-0.15, -0.1) is 0 Å². The Morgan fingerprint density at radius 3 is 2.54 bits per heavy atom. The number of hydrogen-bond acceptors (Lipinski definition) is 3. The van der Waals surface area contributed by atoms with Crippen LogP contribution >= 0.6 is 11.6 Å². The summed E-state index contributed by atoms with van der Waals surface area (Å²) in [4.78, 5) is 14.1. The minimum absolute atomic E-state index is 0.0374. The molecule has 0 fully saturated rings. The largest absolute Gasteiger partial charge is 0.492 e. The summed E-state index contributed by atoms with van der Waals surface area (Å²) in [6, 6.07) is 17.1. The van der Waals surface area contributed by atoms with Crippen molar-refractivity contribution in [3.63, 3.8) is 0 Å². The molecule has 2 rings (SSSR count). The number of likely N-dealkylation sites (N-methyl/N-ethyl adjacent to an activating group) is 1. The van der Waals surface area contributed by atoms with Gasteiger partial charge in [0.2, 0.25) is 5.91 Å². The minimum Gasteiger partial charge on any atom is -0.492 e. The van der Waals surface area contributed by atoms with Gasteiger partial charge in [0.15, 0.2) is 0 Å². The lowest BCUT2D eigenvalue weighted by Gasteiger charge is -2.20. The van der Waals surface area contributed by atoms with Crippen molar-refractivity contribution < 1.29 is 9.53 Å². The molecule has 5 heteroatoms. The van der Waals surface area contributed by atoms with Crippen LogP contribution in [0.5, 0.6) is 5.75 Å². The Morgan fingerprint density at radius 1 is 1.17 bits per heavy atom. The molecule has 128 valence electrons. The summed E-state index contributed by atoms with van der Waals surface area (Å²) in [5, 5.41) is 3.63. The number of halogens is 1. The van der Waals surface area contributed by atoms with E-state index >= 15 is 0 Å². The van der Waals surface area contributed by atoms with Gasteiger partial charge in [0.25, 0.3) is 0 Å². The number of benzene rings is 2. The van der Waals surface area contributed by atoms with Gasteiger partial charge in [0.05, 0.1) is 12.6 Å². The topological polar surface area (TPSA) is 41.6 Å². The molecule has 0 saturated heterocycles. The normalized spacial score (nSPS) is 12.0. The molecule has 1 N–H and O–H groups in total. The van der Waals surface area contributed by atoms with Gasteiger partial charge in [-0.25, -0.2) is 0 Å². The lowest BCUT2D eigenvalue weighted by Crippen LogP contribution is -2.38. The quantitative estimate of drug-likeness (QED) is 0.795. The Labute approximate surface area is 148 Å². The van der Waals surface area contributed by atoms with Crippen LogP contribution in [0.25, 0.3) is 0 Å². The Morgan fingerprint density at radius 2 is 1.83 bits per heavy atom. The molecule has 0 aromatic heterocycles. The SMILES string of the molecule is CC(NC(=O)CN(C)CCOc1ccccc1)c1ccccc1Cl. The van der Waals surface area contributed by atoms with Gasteiger partial charge in [-0.1, -0.05) is 48.0 Å². The summed E-state index contributed by atoms with van der Waals surface area (Å²) >= 11 is 6.16. The predicted molar refractivity (Wildman–Crippen MR) is 97.4 cm³/mol. The molecule has 0 aliphatic carbocycles. The van der Waals surface area contributed by atoms with Crippen LogP contribution in [0.15, 0.2) is 54.6 Å². The first-order chi connectivity index (χ1) is 11.6. The van der Waals surface area contributed by atoms with Gasteiger partial charge in [-0.3, -0.25) is 9.69 Å². The number of ether oxygens (including phenoxy) is 1. The number of para-hydroxylation sites is 1. The number of nitrogens with zero attached hydrogens (tertiary/aromatic N) is 1. The van der Waals surface area contributed by atoms with Gasteiger partial charge in [-0.2, -0.15) is 0 Å². The van der Waals surface area contributed by atoms with E-state index in [0.717, 1.165) is 11.3 Å². The molecular weight excluding hydrogens is 324 g/mol. The third kappa shape index (κ3) is 5.87. The molecule has 4 nitrogen and oxygen atoms in total. The minimum atomic E-state index is -0.125. The van der Waals surface area contributed by atoms with E-state index in [1.165, 1.54) is 0 Å². The number of amides is 1. The molecule has 0 radical (unpaired) electrons. The van der Waals surface area contributed by atoms with E-state index in [4.69, 9.17) is 16.3 Å². The Hall–Kier alpha value is -2.04. The second kappa shape index (κ2) is 9.30. The maximum atomic E-state index is 12.1. The third-order valence-electron chi connectivity index (χ3n) is 3.65. The van der Waals surface area contributed by atoms with Gasteiger partial charge >= 0.3 is 0 Å². The molecule has 2 aromatic rings. The molecule has 1 unspecified atom stereocenters. The lowest BCUT2D eigenvalue weighted by molar-refractivity contribution is -0.122. The zero-order chi connectivity index (χ0) is 17.4. The molecule has 0 heterocycles. The Balaban J connectivity index is 1.72. The van der Waals surface area contributed by atoms with Crippen molar-refractivity contribution in [1.82, 2.24) is 10.2 Å². The van der Waals surface area contributed by atoms with Crippen molar-refractivity contribution in [2.24, 2.45) is 0 Å². The van der Waals surface area contributed by atoms with Gasteiger partial charge < -0.3 is 10.1 Å². The first kappa shape index (κ1) is 18.3. The summed E-state index contributed by atoms with van der Waals surface area (Å²) in [6.07, 6.45) is 0. The van der Waals surface area contributed by atoms with Gasteiger partial charge in [0.1, 0.15) is 12.4 Å². The highest BCUT2D eigenvalue weighted by molar-refractivity contribution is 6.31. The monoisotopic (exact) mass is 346 g/mol. The molecule has 1 amide bonds. The summed E-state index contributed by atoms with van der Waals surface area (Å²) in [5.41, 5.74) is 0.919. The fraction of sp³-hybridized carbons (Fsp3) is 0.316. The first-order valence-corrected chi connectivity index (χ1v) is 8.34. The molecule has 0 spiro atoms. The fourth-order valence-electron chi connectivity index (χ4n) is 2.35. The maximum Gasteiger partial charge on any atom is 0.234 e. The fourth-order valence-corrected chi connectivity index (χ4v) is 2.65. The number of hydrogen-bond donors (Lipinski definition) is 1. The van der Waals surface area contributed by atoms with Crippen LogP contribution in [0.4, 0.5) is 0 Å². The van der Waals surface area contributed by atoms with Crippen LogP contribution in [0.3, 0.4) is 0 Å². The number of carbonyl (C=O) groups excluding carboxylic acids is 1. The number of nitrogens with one attached hydrogen (secondary N) is 1. The van der Waals surface area contributed by atoms with E-state index in [-0.39, 0.29) is 11.9 Å². The summed E-state index contributed by atoms with van der Waals surface area (Å²) in [7, 11) is 1.90. The van der Waals surface area contributed by atoms with Crippen LogP contribution in [0.2, 0.25) is 5.02 Å². The second-order valence-corrected chi connectivity index (χ2v) is 6.12. The van der Waals surface area contributed by atoms with Crippen molar-refractivity contribution in [2.45, 2.75) is 13.0 Å². The molecule has 0 bridgehead atoms. The zero-order valence-corrected chi connectivity index (χ0v) is 14.8. The van der Waals surface area contributed by atoms with Crippen molar-refractivity contribution in [2.75, 3.05) is 26.7 Å². The van der Waals surface area contributed by atoms with E-state index in [1.807, 2.05) is 73.5 Å². The first-order valence-electron chi connectivity index (χ1n) is 7.96. The standard InChI is InChI=1S/C19H23ClN2O2/c1-15(17-10-6-7-11-18(17)20)21-19(23)14-22(2)12-13-24-16-8-4-3-5-9-16/h3-11,15H,12-14H2,1-2H3,(H,21,23). The molecule has 0 aliphatic rings. The molecule has 2 aromatic carbocycles. The molecular formula is C19H23ClN2O2. The average Bonchev–Trinajstić information content (AvgIpc) is 2.56. The third-order valence-corrected chi connectivity index (χ3v) is 3.99. The van der Waals surface area contributed by atoms with Crippen LogP contribution < -0.4 is 10.1 Å². The van der Waals surface area contributed by atoms with E-state index in [2.05, 4.69) is 5.32 Å². The van der Waals surface area contributed by atoms with E-state index in [1.54, 1.807) is 0 Å². The maximum absolute atomic E-state index is 12.1. The highest BCUT2D eigenvalue weighted by Crippen LogP contribution is 2.21. The van der Waals surface area contributed by atoms with Crippen LogP contribution in [0.1, 0.15) is 18.5 Å². The Bertz CT molecular complexity index is 649. The second-order valence-electron chi connectivity index (χ2n) is 5.71. The lowest BCUT2D eigenvalue weighted by atomic mass is 10.1. The van der Waals surface area contributed by atoms with Gasteiger partial charge in [0, 0.05) is 11.6 Å². The van der Waals surface area contributed by atoms with Gasteiger partial charge in [-0.05, 0) is 37.7 Å². The van der Waals surface area contributed by atoms with Crippen molar-refractivity contribution >= 4 is 17.5 Å². The molecule has 0 saturated carbocycles. The van der Waals surface area contributed by atoms with Crippen LogP contribution in [-0.4, -0.2) is 37.6 Å². The highest BCUT2D eigenvalue weighted by atomic mass is 35.5. The van der Waals surface area contributed by atoms with E-state index in [9.17, 15) is 4.79 Å². The predicted octanol–water partition coefficient (Wildman–Crippen LogP) is 3.53. The van der Waals surface area contributed by atoms with Crippen LogP contribution in [-0.2, 0) is 4.79 Å². The summed E-state index contributed by atoms with van der Waals surface area (Å²) in [5.74, 6) is 0.798. The van der Waals surface area contributed by atoms with E-state index in [0.29, 0.717) is 24.7 Å². The highest BCUT2D eigenvalue weighted by Gasteiger charge is 2.13. The zero-order valence-electron chi connectivity index (χ0n) is 14.0. The van der Waals surface area contributed by atoms with Crippen molar-refractivity contribution in [3.05, 3.63) is 65.2 Å². The molecule has 24 heavy (non-hydrogen) atoms. The Kier molecular flexibility index (Phi) is 7.09. The van der Waals surface area contributed by atoms with Crippen molar-refractivity contribution in [3.8, 4) is 5.75 Å². The molecule has 1 atom stereocenters. The summed E-state index contributed by atoms with van der Waals surface area (Å²) < 4.78 is 5.63. The molecule has 0 aliphatic heterocycles. The van der Waals surface area contributed by atoms with E-state index < -0.39 is 0 Å². The summed E-state index contributed by atoms with van der Waals surface area (Å²) in [6.45, 7) is 3.45. The van der Waals surface area contributed by atoms with Crippen LogP contribution in [0, 0.1) is 0 Å².